The van der Waals surface area contributed by atoms with Crippen LogP contribution < -0.4 is 0 Å². The van der Waals surface area contributed by atoms with Crippen LogP contribution in [-0.4, -0.2) is 19.8 Å². The van der Waals surface area contributed by atoms with E-state index < -0.39 is 8.07 Å². The Morgan fingerprint density at radius 3 is 2.44 bits per heavy atom. The van der Waals surface area contributed by atoms with Crippen LogP contribution in [0.15, 0.2) is 0 Å². The molecule has 0 unspecified atom stereocenters. The summed E-state index contributed by atoms with van der Waals surface area (Å²) >= 11 is 0. The lowest BCUT2D eigenvalue weighted by Gasteiger charge is -2.52. The fourth-order valence-corrected chi connectivity index (χ4v) is 8.44. The summed E-state index contributed by atoms with van der Waals surface area (Å²) in [6.07, 6.45) is 9.07. The molecule has 0 N–H and O–H groups in total. The Labute approximate surface area is 101 Å². The lowest BCUT2D eigenvalue weighted by Crippen LogP contribution is -2.53. The van der Waals surface area contributed by atoms with Gasteiger partial charge >= 0.3 is 0 Å². The fourth-order valence-electron chi connectivity index (χ4n) is 5.11. The van der Waals surface area contributed by atoms with E-state index in [-0.39, 0.29) is 0 Å². The van der Waals surface area contributed by atoms with E-state index in [1.165, 1.54) is 38.5 Å². The van der Waals surface area contributed by atoms with Crippen LogP contribution >= 0.6 is 0 Å². The van der Waals surface area contributed by atoms with E-state index in [4.69, 9.17) is 4.74 Å². The zero-order chi connectivity index (χ0) is 11.6. The van der Waals surface area contributed by atoms with Gasteiger partial charge in [-0.05, 0) is 36.6 Å². The van der Waals surface area contributed by atoms with E-state index in [1.807, 2.05) is 0 Å². The van der Waals surface area contributed by atoms with Crippen molar-refractivity contribution in [3.63, 3.8) is 0 Å². The lowest BCUT2D eigenvalue weighted by atomic mass is 9.60. The van der Waals surface area contributed by atoms with Gasteiger partial charge in [-0.3, -0.25) is 0 Å². The Hall–Kier alpha value is 0.177. The van der Waals surface area contributed by atoms with Crippen molar-refractivity contribution in [2.75, 3.05) is 0 Å². The summed E-state index contributed by atoms with van der Waals surface area (Å²) in [6.45, 7) is 10.3. The zero-order valence-corrected chi connectivity index (χ0v) is 12.3. The molecule has 2 aliphatic carbocycles. The highest BCUT2D eigenvalue weighted by Gasteiger charge is 2.72. The zero-order valence-electron chi connectivity index (χ0n) is 11.3. The summed E-state index contributed by atoms with van der Waals surface area (Å²) in [5.41, 5.74) is 1.85. The van der Waals surface area contributed by atoms with Gasteiger partial charge in [-0.2, -0.15) is 0 Å². The molecule has 0 aromatic carbocycles. The highest BCUT2D eigenvalue weighted by molar-refractivity contribution is 6.77. The number of hydrogen-bond donors (Lipinski definition) is 0. The van der Waals surface area contributed by atoms with Gasteiger partial charge in [0.25, 0.3) is 0 Å². The minimum Gasteiger partial charge on any atom is -0.365 e. The molecule has 0 aromatic heterocycles. The predicted octanol–water partition coefficient (Wildman–Crippen LogP) is 4.21. The molecule has 16 heavy (non-hydrogen) atoms. The molecular weight excluding hydrogens is 212 g/mol. The summed E-state index contributed by atoms with van der Waals surface area (Å²) in [4.78, 5) is 0. The van der Waals surface area contributed by atoms with E-state index in [0.717, 1.165) is 5.54 Å². The predicted molar refractivity (Wildman–Crippen MR) is 70.5 cm³/mol. The SMILES string of the molecule is C[C@@]12CCCC[C@@]13O[C@H]3CC[C@@H]2[Si](C)(C)C. The Morgan fingerprint density at radius 2 is 1.75 bits per heavy atom. The third-order valence-corrected chi connectivity index (χ3v) is 8.83. The van der Waals surface area contributed by atoms with Gasteiger partial charge < -0.3 is 4.74 Å². The van der Waals surface area contributed by atoms with Crippen molar-refractivity contribution in [2.45, 2.75) is 82.3 Å². The Bertz CT molecular complexity index is 308. The number of rotatable bonds is 1. The molecule has 0 radical (unpaired) electrons. The van der Waals surface area contributed by atoms with Crippen molar-refractivity contribution < 1.29 is 4.74 Å². The summed E-state index contributed by atoms with van der Waals surface area (Å²) in [6, 6.07) is 0. The smallest absolute Gasteiger partial charge is 0.100 e. The maximum atomic E-state index is 6.22. The van der Waals surface area contributed by atoms with E-state index in [2.05, 4.69) is 26.6 Å². The summed E-state index contributed by atoms with van der Waals surface area (Å²) in [5.74, 6) is 0. The second-order valence-corrected chi connectivity index (χ2v) is 13.0. The first-order valence-electron chi connectivity index (χ1n) is 7.08. The van der Waals surface area contributed by atoms with E-state index in [0.29, 0.717) is 17.1 Å². The Kier molecular flexibility index (Phi) is 2.21. The van der Waals surface area contributed by atoms with Gasteiger partial charge in [0.15, 0.2) is 0 Å². The Balaban J connectivity index is 1.97. The highest BCUT2D eigenvalue weighted by Crippen LogP contribution is 2.70. The quantitative estimate of drug-likeness (QED) is 0.492. The monoisotopic (exact) mass is 238 g/mol. The van der Waals surface area contributed by atoms with Gasteiger partial charge in [0.2, 0.25) is 0 Å². The number of hydrogen-bond acceptors (Lipinski definition) is 1. The van der Waals surface area contributed by atoms with E-state index >= 15 is 0 Å². The van der Waals surface area contributed by atoms with Crippen molar-refractivity contribution in [3.8, 4) is 0 Å². The minimum atomic E-state index is -1.04. The first-order valence-corrected chi connectivity index (χ1v) is 10.7. The second kappa shape index (κ2) is 3.14. The van der Waals surface area contributed by atoms with Gasteiger partial charge in [-0.15, -0.1) is 0 Å². The summed E-state index contributed by atoms with van der Waals surface area (Å²) < 4.78 is 6.22. The molecule has 92 valence electrons. The normalized spacial score (nSPS) is 51.8. The average molecular weight is 238 g/mol. The second-order valence-electron chi connectivity index (χ2n) is 7.62. The van der Waals surface area contributed by atoms with Crippen molar-refractivity contribution in [1.82, 2.24) is 0 Å². The van der Waals surface area contributed by atoms with Crippen LogP contribution in [0.25, 0.3) is 0 Å². The molecule has 3 aliphatic rings. The largest absolute Gasteiger partial charge is 0.365 e. The molecule has 1 spiro atoms. The molecule has 2 saturated carbocycles. The molecule has 1 saturated heterocycles. The molecule has 1 heterocycles. The van der Waals surface area contributed by atoms with Crippen molar-refractivity contribution in [3.05, 3.63) is 0 Å². The first kappa shape index (κ1) is 11.3. The van der Waals surface area contributed by atoms with Gasteiger partial charge in [0.05, 0.1) is 6.10 Å². The maximum absolute atomic E-state index is 6.22. The third-order valence-electron chi connectivity index (χ3n) is 5.81. The minimum absolute atomic E-state index is 0.342. The highest BCUT2D eigenvalue weighted by atomic mass is 28.3. The molecule has 2 heteroatoms. The average Bonchev–Trinajstić information content (AvgIpc) is 2.87. The summed E-state index contributed by atoms with van der Waals surface area (Å²) in [5, 5.41) is 0. The van der Waals surface area contributed by atoms with Gasteiger partial charge in [0.1, 0.15) is 5.60 Å². The fraction of sp³-hybridized carbons (Fsp3) is 1.00. The van der Waals surface area contributed by atoms with Crippen molar-refractivity contribution >= 4 is 8.07 Å². The van der Waals surface area contributed by atoms with Gasteiger partial charge in [-0.1, -0.05) is 39.4 Å². The van der Waals surface area contributed by atoms with Crippen LogP contribution in [0, 0.1) is 5.41 Å². The lowest BCUT2D eigenvalue weighted by molar-refractivity contribution is 0.0532. The first-order chi connectivity index (χ1) is 7.40. The van der Waals surface area contributed by atoms with Crippen LogP contribution in [0.4, 0.5) is 0 Å². The molecule has 4 atom stereocenters. The van der Waals surface area contributed by atoms with Crippen molar-refractivity contribution in [2.24, 2.45) is 5.41 Å². The topological polar surface area (TPSA) is 12.5 Å². The van der Waals surface area contributed by atoms with Crippen LogP contribution in [0.3, 0.4) is 0 Å². The molecule has 0 bridgehead atoms. The third kappa shape index (κ3) is 1.26. The van der Waals surface area contributed by atoms with E-state index in [1.54, 1.807) is 0 Å². The molecule has 0 amide bonds. The Morgan fingerprint density at radius 1 is 1.06 bits per heavy atom. The summed E-state index contributed by atoms with van der Waals surface area (Å²) in [7, 11) is -1.04. The van der Waals surface area contributed by atoms with Crippen LogP contribution in [-0.2, 0) is 4.74 Å². The molecule has 1 nitrogen and oxygen atoms in total. The molecule has 0 aromatic rings. The van der Waals surface area contributed by atoms with Crippen LogP contribution in [0.1, 0.15) is 45.4 Å². The molecule has 1 aliphatic heterocycles. The number of epoxide rings is 1. The van der Waals surface area contributed by atoms with Crippen molar-refractivity contribution in [1.29, 1.82) is 0 Å². The standard InChI is InChI=1S/C14H26OSi/c1-13-9-5-6-10-14(13)11(15-14)7-8-12(13)16(2,3)4/h11-12H,5-10H2,1-4H3/t11-,12-,13-,14-/m0/s1. The van der Waals surface area contributed by atoms with E-state index in [9.17, 15) is 0 Å². The molecule has 3 rings (SSSR count). The molecular formula is C14H26OSi. The maximum Gasteiger partial charge on any atom is 0.100 e. The van der Waals surface area contributed by atoms with Crippen LogP contribution in [0.2, 0.25) is 25.2 Å². The van der Waals surface area contributed by atoms with Gasteiger partial charge in [0, 0.05) is 8.07 Å². The van der Waals surface area contributed by atoms with Crippen LogP contribution in [0.5, 0.6) is 0 Å². The number of ether oxygens (including phenoxy) is 1. The van der Waals surface area contributed by atoms with Gasteiger partial charge in [-0.25, -0.2) is 0 Å². The molecule has 3 fully saturated rings.